The highest BCUT2D eigenvalue weighted by Crippen LogP contribution is 2.67. The molecule has 0 aromatic rings. The standard InChI is InChI=1S/C27H46O6S/c1-17(2)7-6-12-27(5,29)24-9-8-20-19-16-23(28)22-15-18(33-34(30,31)32)10-13-25(22,3)21(19)11-14-26(20,24)4/h11,17-20,22-24,28-29H,6-10,12-16H2,1-5H3,(H,30,31,32)/t18-,19-,20-,22+,23-,24-,25+,26-,27-/m0/s1. The lowest BCUT2D eigenvalue weighted by molar-refractivity contribution is -0.0962. The Morgan fingerprint density at radius 2 is 1.88 bits per heavy atom. The van der Waals surface area contributed by atoms with E-state index in [9.17, 15) is 18.6 Å². The predicted octanol–water partition coefficient (Wildman–Crippen LogP) is 5.30. The molecule has 7 heteroatoms. The summed E-state index contributed by atoms with van der Waals surface area (Å²) in [4.78, 5) is 0. The molecule has 6 nitrogen and oxygen atoms in total. The number of fused-ring (bicyclic) bond motifs is 5. The van der Waals surface area contributed by atoms with Gasteiger partial charge in [0.05, 0.1) is 17.8 Å². The largest absolute Gasteiger partial charge is 0.397 e. The molecule has 0 spiro atoms. The Hall–Kier alpha value is -0.470. The van der Waals surface area contributed by atoms with Gasteiger partial charge in [-0.3, -0.25) is 4.55 Å². The molecule has 9 atom stereocenters. The summed E-state index contributed by atoms with van der Waals surface area (Å²) in [5.74, 6) is 1.60. The Bertz CT molecular complexity index is 895. The number of allylic oxidation sites excluding steroid dienone is 2. The van der Waals surface area contributed by atoms with Gasteiger partial charge in [-0.2, -0.15) is 8.42 Å². The lowest BCUT2D eigenvalue weighted by Gasteiger charge is -2.58. The Labute approximate surface area is 206 Å². The van der Waals surface area contributed by atoms with E-state index in [0.717, 1.165) is 44.9 Å². The van der Waals surface area contributed by atoms with Crippen LogP contribution in [0.25, 0.3) is 0 Å². The van der Waals surface area contributed by atoms with Gasteiger partial charge in [-0.25, -0.2) is 4.18 Å². The van der Waals surface area contributed by atoms with Crippen molar-refractivity contribution in [1.82, 2.24) is 0 Å². The second kappa shape index (κ2) is 9.13. The summed E-state index contributed by atoms with van der Waals surface area (Å²) in [6.07, 6.45) is 9.88. The zero-order chi connectivity index (χ0) is 25.1. The fourth-order valence-electron chi connectivity index (χ4n) is 8.86. The summed E-state index contributed by atoms with van der Waals surface area (Å²) in [5, 5.41) is 22.9. The first-order valence-electron chi connectivity index (χ1n) is 13.4. The van der Waals surface area contributed by atoms with E-state index in [-0.39, 0.29) is 22.7 Å². The van der Waals surface area contributed by atoms with E-state index in [1.165, 1.54) is 5.57 Å². The smallest absolute Gasteiger partial charge is 0.393 e. The van der Waals surface area contributed by atoms with Gasteiger partial charge < -0.3 is 10.2 Å². The highest BCUT2D eigenvalue weighted by molar-refractivity contribution is 7.80. The van der Waals surface area contributed by atoms with Crippen molar-refractivity contribution < 1.29 is 27.4 Å². The summed E-state index contributed by atoms with van der Waals surface area (Å²) in [6, 6.07) is 0. The van der Waals surface area contributed by atoms with Gasteiger partial charge >= 0.3 is 10.4 Å². The average Bonchev–Trinajstić information content (AvgIpc) is 3.06. The van der Waals surface area contributed by atoms with Gasteiger partial charge in [0.15, 0.2) is 0 Å². The van der Waals surface area contributed by atoms with Crippen LogP contribution in [0.15, 0.2) is 11.6 Å². The zero-order valence-electron chi connectivity index (χ0n) is 21.7. The molecule has 196 valence electrons. The van der Waals surface area contributed by atoms with Gasteiger partial charge in [-0.1, -0.05) is 52.2 Å². The number of aliphatic hydroxyl groups excluding tert-OH is 1. The van der Waals surface area contributed by atoms with E-state index >= 15 is 0 Å². The highest BCUT2D eigenvalue weighted by atomic mass is 32.3. The molecule has 0 unspecified atom stereocenters. The second-order valence-corrected chi connectivity index (χ2v) is 14.2. The van der Waals surface area contributed by atoms with Crippen molar-refractivity contribution in [3.8, 4) is 0 Å². The Morgan fingerprint density at radius 1 is 1.18 bits per heavy atom. The monoisotopic (exact) mass is 498 g/mol. The quantitative estimate of drug-likeness (QED) is 0.325. The lowest BCUT2D eigenvalue weighted by Crippen LogP contribution is -2.55. The van der Waals surface area contributed by atoms with E-state index < -0.39 is 28.2 Å². The molecule has 0 aromatic carbocycles. The van der Waals surface area contributed by atoms with E-state index in [0.29, 0.717) is 37.0 Å². The van der Waals surface area contributed by atoms with Crippen molar-refractivity contribution in [3.63, 3.8) is 0 Å². The topological polar surface area (TPSA) is 104 Å². The van der Waals surface area contributed by atoms with Crippen LogP contribution in [0.5, 0.6) is 0 Å². The van der Waals surface area contributed by atoms with Crippen LogP contribution < -0.4 is 0 Å². The van der Waals surface area contributed by atoms with Crippen LogP contribution in [0.1, 0.15) is 98.8 Å². The van der Waals surface area contributed by atoms with E-state index in [4.69, 9.17) is 8.74 Å². The average molecular weight is 499 g/mol. The zero-order valence-corrected chi connectivity index (χ0v) is 22.5. The molecular weight excluding hydrogens is 452 g/mol. The van der Waals surface area contributed by atoms with Gasteiger partial charge in [-0.15, -0.1) is 0 Å². The normalized spacial score (nSPS) is 44.1. The number of hydrogen-bond acceptors (Lipinski definition) is 5. The second-order valence-electron chi connectivity index (χ2n) is 13.1. The molecule has 3 N–H and O–H groups in total. The molecule has 0 aliphatic heterocycles. The Morgan fingerprint density at radius 3 is 2.53 bits per heavy atom. The summed E-state index contributed by atoms with van der Waals surface area (Å²) in [6.45, 7) is 11.1. The molecule has 0 aromatic heterocycles. The summed E-state index contributed by atoms with van der Waals surface area (Å²) < 4.78 is 36.6. The Balaban J connectivity index is 1.55. The molecule has 0 radical (unpaired) electrons. The molecule has 0 bridgehead atoms. The molecule has 4 aliphatic rings. The minimum Gasteiger partial charge on any atom is -0.393 e. The molecule has 0 heterocycles. The molecule has 4 aliphatic carbocycles. The van der Waals surface area contributed by atoms with Crippen LogP contribution in [0.3, 0.4) is 0 Å². The summed E-state index contributed by atoms with van der Waals surface area (Å²) in [7, 11) is -4.49. The van der Waals surface area contributed by atoms with Crippen LogP contribution >= 0.6 is 0 Å². The SMILES string of the molecule is CC(C)CCC[C@](C)(O)[C@H]1CC[C@H]2[C@@H]3C[C@H](O)[C@H]4C[C@@H](OS(=O)(=O)O)CC[C@]4(C)C3=CC[C@@]21C. The highest BCUT2D eigenvalue weighted by Gasteiger charge is 2.61. The maximum atomic E-state index is 11.6. The fourth-order valence-corrected chi connectivity index (χ4v) is 9.38. The number of rotatable bonds is 7. The van der Waals surface area contributed by atoms with Crippen LogP contribution in [0.2, 0.25) is 0 Å². The van der Waals surface area contributed by atoms with Crippen molar-refractivity contribution in [2.75, 3.05) is 0 Å². The summed E-state index contributed by atoms with van der Waals surface area (Å²) in [5.41, 5.74) is 0.620. The third-order valence-electron chi connectivity index (χ3n) is 10.5. The molecule has 3 fully saturated rings. The van der Waals surface area contributed by atoms with Crippen LogP contribution in [0.4, 0.5) is 0 Å². The molecular formula is C27H46O6S. The fraction of sp³-hybridized carbons (Fsp3) is 0.926. The van der Waals surface area contributed by atoms with Crippen molar-refractivity contribution in [1.29, 1.82) is 0 Å². The first kappa shape index (κ1) is 26.6. The van der Waals surface area contributed by atoms with Gasteiger partial charge in [0.2, 0.25) is 0 Å². The molecule has 34 heavy (non-hydrogen) atoms. The maximum Gasteiger partial charge on any atom is 0.397 e. The van der Waals surface area contributed by atoms with Crippen LogP contribution in [0, 0.1) is 40.4 Å². The van der Waals surface area contributed by atoms with Gasteiger partial charge in [0.1, 0.15) is 0 Å². The van der Waals surface area contributed by atoms with E-state index in [2.05, 4.69) is 40.7 Å². The Kier molecular flexibility index (Phi) is 7.14. The minimum absolute atomic E-state index is 0.0314. The third-order valence-corrected chi connectivity index (χ3v) is 11.0. The number of aliphatic hydroxyl groups is 2. The van der Waals surface area contributed by atoms with Gasteiger partial charge in [-0.05, 0) is 98.7 Å². The van der Waals surface area contributed by atoms with E-state index in [1.54, 1.807) is 0 Å². The minimum atomic E-state index is -4.49. The number of hydrogen-bond donors (Lipinski definition) is 3. The van der Waals surface area contributed by atoms with Gasteiger partial charge in [0, 0.05) is 0 Å². The van der Waals surface area contributed by atoms with Crippen molar-refractivity contribution in [3.05, 3.63) is 11.6 Å². The maximum absolute atomic E-state index is 11.6. The van der Waals surface area contributed by atoms with Crippen molar-refractivity contribution in [2.24, 2.45) is 40.4 Å². The first-order valence-corrected chi connectivity index (χ1v) is 14.8. The lowest BCUT2D eigenvalue weighted by atomic mass is 9.47. The summed E-state index contributed by atoms with van der Waals surface area (Å²) >= 11 is 0. The molecule has 0 saturated heterocycles. The van der Waals surface area contributed by atoms with Crippen LogP contribution in [-0.4, -0.2) is 41.0 Å². The van der Waals surface area contributed by atoms with Crippen molar-refractivity contribution >= 4 is 10.4 Å². The molecule has 0 amide bonds. The van der Waals surface area contributed by atoms with Crippen molar-refractivity contribution in [2.45, 2.75) is 117 Å². The molecule has 4 rings (SSSR count). The third kappa shape index (κ3) is 4.77. The van der Waals surface area contributed by atoms with Crippen LogP contribution in [-0.2, 0) is 14.6 Å². The predicted molar refractivity (Wildman–Crippen MR) is 132 cm³/mol. The first-order chi connectivity index (χ1) is 15.7. The van der Waals surface area contributed by atoms with E-state index in [1.807, 2.05) is 0 Å². The molecule has 3 saturated carbocycles. The van der Waals surface area contributed by atoms with Gasteiger partial charge in [0.25, 0.3) is 0 Å².